The number of hydrogen-bond donors (Lipinski definition) is 2. The molecule has 0 saturated heterocycles. The first-order valence-corrected chi connectivity index (χ1v) is 10.9. The van der Waals surface area contributed by atoms with Crippen LogP contribution in [0.15, 0.2) is 54.6 Å². The quantitative estimate of drug-likeness (QED) is 0.577. The van der Waals surface area contributed by atoms with E-state index in [1.54, 1.807) is 11.6 Å². The van der Waals surface area contributed by atoms with Gasteiger partial charge in [-0.05, 0) is 49.6 Å². The number of anilines is 1. The fraction of sp³-hybridized carbons (Fsp3) is 0.292. The minimum absolute atomic E-state index is 0.0782. The lowest BCUT2D eigenvalue weighted by molar-refractivity contribution is -0.119. The van der Waals surface area contributed by atoms with Gasteiger partial charge in [0.15, 0.2) is 0 Å². The normalized spacial score (nSPS) is 13.9. The van der Waals surface area contributed by atoms with Gasteiger partial charge in [0.2, 0.25) is 5.91 Å². The summed E-state index contributed by atoms with van der Waals surface area (Å²) in [6.07, 6.45) is 4.15. The number of amides is 2. The first-order chi connectivity index (χ1) is 15.0. The summed E-state index contributed by atoms with van der Waals surface area (Å²) in [6, 6.07) is 17.0. The molecule has 0 aliphatic heterocycles. The van der Waals surface area contributed by atoms with E-state index in [1.807, 2.05) is 54.6 Å². The molecule has 1 fully saturated rings. The van der Waals surface area contributed by atoms with Crippen LogP contribution in [-0.4, -0.2) is 21.6 Å². The molecule has 1 aliphatic carbocycles. The van der Waals surface area contributed by atoms with Gasteiger partial charge in [-0.25, -0.2) is 4.68 Å². The molecule has 2 N–H and O–H groups in total. The predicted molar refractivity (Wildman–Crippen MR) is 122 cm³/mol. The molecule has 31 heavy (non-hydrogen) atoms. The van der Waals surface area contributed by atoms with Crippen LogP contribution < -0.4 is 10.6 Å². The highest BCUT2D eigenvalue weighted by Gasteiger charge is 2.23. The molecule has 0 radical (unpaired) electrons. The van der Waals surface area contributed by atoms with Crippen LogP contribution in [0.4, 0.5) is 5.69 Å². The minimum atomic E-state index is -0.287. The van der Waals surface area contributed by atoms with Crippen molar-refractivity contribution in [2.45, 2.75) is 39.2 Å². The van der Waals surface area contributed by atoms with Gasteiger partial charge in [0.1, 0.15) is 5.15 Å². The number of carbonyl (C=O) groups is 2. The molecule has 0 unspecified atom stereocenters. The number of aromatic nitrogens is 2. The molecule has 4 rings (SSSR count). The fourth-order valence-electron chi connectivity index (χ4n) is 3.96. The van der Waals surface area contributed by atoms with Crippen LogP contribution in [0.1, 0.15) is 47.3 Å². The van der Waals surface area contributed by atoms with Gasteiger partial charge < -0.3 is 10.6 Å². The van der Waals surface area contributed by atoms with Crippen LogP contribution in [-0.2, 0) is 11.3 Å². The van der Waals surface area contributed by atoms with Gasteiger partial charge in [0.25, 0.3) is 5.91 Å². The maximum atomic E-state index is 12.8. The number of nitrogens with one attached hydrogen (secondary N) is 2. The van der Waals surface area contributed by atoms with Crippen LogP contribution >= 0.6 is 11.6 Å². The molecule has 160 valence electrons. The maximum Gasteiger partial charge on any atom is 0.256 e. The van der Waals surface area contributed by atoms with Crippen molar-refractivity contribution in [2.75, 3.05) is 5.32 Å². The number of carbonyl (C=O) groups excluding carboxylic acids is 2. The highest BCUT2D eigenvalue weighted by atomic mass is 35.5. The second-order valence-corrected chi connectivity index (χ2v) is 8.21. The summed E-state index contributed by atoms with van der Waals surface area (Å²) >= 11 is 6.48. The van der Waals surface area contributed by atoms with Crippen LogP contribution in [0.5, 0.6) is 0 Å². The number of halogens is 1. The topological polar surface area (TPSA) is 76.0 Å². The van der Waals surface area contributed by atoms with Crippen molar-refractivity contribution in [2.24, 2.45) is 5.92 Å². The van der Waals surface area contributed by atoms with Crippen molar-refractivity contribution >= 4 is 29.1 Å². The van der Waals surface area contributed by atoms with Crippen molar-refractivity contribution in [3.63, 3.8) is 0 Å². The van der Waals surface area contributed by atoms with Crippen molar-refractivity contribution in [3.8, 4) is 5.69 Å². The van der Waals surface area contributed by atoms with E-state index in [-0.39, 0.29) is 22.9 Å². The lowest BCUT2D eigenvalue weighted by atomic mass is 10.1. The van der Waals surface area contributed by atoms with Gasteiger partial charge in [0.05, 0.1) is 16.9 Å². The second-order valence-electron chi connectivity index (χ2n) is 7.85. The Morgan fingerprint density at radius 2 is 1.84 bits per heavy atom. The molecular weight excluding hydrogens is 412 g/mol. The second kappa shape index (κ2) is 9.35. The summed E-state index contributed by atoms with van der Waals surface area (Å²) in [6.45, 7) is 2.08. The smallest absolute Gasteiger partial charge is 0.256 e. The molecular formula is C24H25ClN4O2. The Kier molecular flexibility index (Phi) is 6.37. The van der Waals surface area contributed by atoms with Gasteiger partial charge in [-0.2, -0.15) is 5.10 Å². The molecule has 1 heterocycles. The highest BCUT2D eigenvalue weighted by Crippen LogP contribution is 2.26. The molecule has 1 saturated carbocycles. The first kappa shape index (κ1) is 21.1. The lowest BCUT2D eigenvalue weighted by Crippen LogP contribution is -2.24. The summed E-state index contributed by atoms with van der Waals surface area (Å²) in [5.41, 5.74) is 3.34. The molecule has 2 aromatic carbocycles. The SMILES string of the molecule is Cc1nn(-c2ccccc2)c(Cl)c1C(=O)NCc1cccc(NC(=O)C2CCCC2)c1. The monoisotopic (exact) mass is 436 g/mol. The molecule has 1 aliphatic rings. The molecule has 6 nitrogen and oxygen atoms in total. The Labute approximate surface area is 186 Å². The average molecular weight is 437 g/mol. The highest BCUT2D eigenvalue weighted by molar-refractivity contribution is 6.33. The van der Waals surface area contributed by atoms with E-state index in [0.717, 1.165) is 42.6 Å². The van der Waals surface area contributed by atoms with Gasteiger partial charge in [-0.15, -0.1) is 0 Å². The Bertz CT molecular complexity index is 1090. The summed E-state index contributed by atoms with van der Waals surface area (Å²) in [7, 11) is 0. The molecule has 0 spiro atoms. The molecule has 3 aromatic rings. The first-order valence-electron chi connectivity index (χ1n) is 10.5. The van der Waals surface area contributed by atoms with E-state index in [2.05, 4.69) is 15.7 Å². The predicted octanol–water partition coefficient (Wildman–Crippen LogP) is 4.89. The van der Waals surface area contributed by atoms with Gasteiger partial charge in [-0.3, -0.25) is 9.59 Å². The summed E-state index contributed by atoms with van der Waals surface area (Å²) < 4.78 is 1.56. The zero-order valence-electron chi connectivity index (χ0n) is 17.4. The summed E-state index contributed by atoms with van der Waals surface area (Å²) in [4.78, 5) is 25.2. The lowest BCUT2D eigenvalue weighted by Gasteiger charge is -2.12. The van der Waals surface area contributed by atoms with E-state index in [0.29, 0.717) is 17.8 Å². The van der Waals surface area contributed by atoms with E-state index in [9.17, 15) is 9.59 Å². The van der Waals surface area contributed by atoms with Crippen LogP contribution in [0.3, 0.4) is 0 Å². The molecule has 0 atom stereocenters. The number of rotatable bonds is 6. The third-order valence-electron chi connectivity index (χ3n) is 5.61. The van der Waals surface area contributed by atoms with Gasteiger partial charge in [-0.1, -0.05) is 54.8 Å². The van der Waals surface area contributed by atoms with E-state index >= 15 is 0 Å². The Morgan fingerprint density at radius 1 is 1.10 bits per heavy atom. The molecule has 0 bridgehead atoms. The van der Waals surface area contributed by atoms with E-state index in [4.69, 9.17) is 11.6 Å². The molecule has 2 amide bonds. The van der Waals surface area contributed by atoms with Crippen LogP contribution in [0, 0.1) is 12.8 Å². The van der Waals surface area contributed by atoms with Crippen molar-refractivity contribution in [1.29, 1.82) is 0 Å². The van der Waals surface area contributed by atoms with Crippen molar-refractivity contribution in [3.05, 3.63) is 76.6 Å². The molecule has 1 aromatic heterocycles. The number of nitrogens with zero attached hydrogens (tertiary/aromatic N) is 2. The number of para-hydroxylation sites is 1. The van der Waals surface area contributed by atoms with Crippen molar-refractivity contribution in [1.82, 2.24) is 15.1 Å². The standard InChI is InChI=1S/C24H25ClN4O2/c1-16-21(22(25)29(28-16)20-12-3-2-4-13-20)24(31)26-15-17-8-7-11-19(14-17)27-23(30)18-9-5-6-10-18/h2-4,7-8,11-14,18H,5-6,9-10,15H2,1H3,(H,26,31)(H,27,30). The van der Waals surface area contributed by atoms with Crippen LogP contribution in [0.2, 0.25) is 5.15 Å². The van der Waals surface area contributed by atoms with E-state index in [1.165, 1.54) is 0 Å². The molecule has 7 heteroatoms. The Morgan fingerprint density at radius 3 is 2.58 bits per heavy atom. The van der Waals surface area contributed by atoms with Crippen molar-refractivity contribution < 1.29 is 9.59 Å². The Hall–Kier alpha value is -3.12. The fourth-order valence-corrected chi connectivity index (χ4v) is 4.32. The van der Waals surface area contributed by atoms with Crippen LogP contribution in [0.25, 0.3) is 5.69 Å². The average Bonchev–Trinajstić information content (AvgIpc) is 3.41. The minimum Gasteiger partial charge on any atom is -0.348 e. The van der Waals surface area contributed by atoms with Gasteiger partial charge in [0, 0.05) is 18.2 Å². The zero-order valence-corrected chi connectivity index (χ0v) is 18.2. The number of benzene rings is 2. The number of hydrogen-bond acceptors (Lipinski definition) is 3. The summed E-state index contributed by atoms with van der Waals surface area (Å²) in [5, 5.41) is 10.6. The number of aryl methyl sites for hydroxylation is 1. The Balaban J connectivity index is 1.42. The largest absolute Gasteiger partial charge is 0.348 e. The van der Waals surface area contributed by atoms with E-state index < -0.39 is 0 Å². The third-order valence-corrected chi connectivity index (χ3v) is 5.95. The maximum absolute atomic E-state index is 12.8. The van der Waals surface area contributed by atoms with Gasteiger partial charge >= 0.3 is 0 Å². The zero-order chi connectivity index (χ0) is 21.8. The third kappa shape index (κ3) is 4.80. The summed E-state index contributed by atoms with van der Waals surface area (Å²) in [5.74, 6) is -0.103.